The largest absolute Gasteiger partial charge is 0.377 e. The summed E-state index contributed by atoms with van der Waals surface area (Å²) in [7, 11) is 1.77. The van der Waals surface area contributed by atoms with E-state index in [0.29, 0.717) is 19.3 Å². The third kappa shape index (κ3) is 8.27. The molecule has 0 saturated carbocycles. The number of hydrogen-bond acceptors (Lipinski definition) is 5. The summed E-state index contributed by atoms with van der Waals surface area (Å²) in [5.41, 5.74) is 0. The summed E-state index contributed by atoms with van der Waals surface area (Å²) in [6.45, 7) is 5.86. The van der Waals surface area contributed by atoms with E-state index in [1.54, 1.807) is 18.4 Å². The molecule has 0 spiro atoms. The molecule has 1 aromatic heterocycles. The summed E-state index contributed by atoms with van der Waals surface area (Å²) in [6.07, 6.45) is 5.39. The molecule has 1 saturated heterocycles. The van der Waals surface area contributed by atoms with Crippen LogP contribution in [0.4, 0.5) is 0 Å². The molecule has 2 heterocycles. The van der Waals surface area contributed by atoms with Gasteiger partial charge in [-0.05, 0) is 19.8 Å². The van der Waals surface area contributed by atoms with Crippen LogP contribution in [0.5, 0.6) is 0 Å². The monoisotopic (exact) mass is 454 g/mol. The third-order valence-corrected chi connectivity index (χ3v) is 4.36. The topological polar surface area (TPSA) is 67.8 Å². The first kappa shape index (κ1) is 20.6. The summed E-state index contributed by atoms with van der Waals surface area (Å²) in [5.74, 6) is 0.800. The van der Waals surface area contributed by atoms with E-state index in [2.05, 4.69) is 27.5 Å². The standard InChI is InChI=1S/C15H26N4O2S.HI/c1-12-10-19-14(22-12)5-6-17-15(16-2)18-7-9-20-11-13-4-3-8-21-13;/h10,13H,3-9,11H2,1-2H3,(H2,16,17,18);1H. The molecule has 1 aliphatic heterocycles. The highest BCUT2D eigenvalue weighted by Gasteiger charge is 2.14. The molecule has 1 atom stereocenters. The van der Waals surface area contributed by atoms with Crippen LogP contribution in [0, 0.1) is 6.92 Å². The van der Waals surface area contributed by atoms with E-state index in [-0.39, 0.29) is 24.0 Å². The number of halogens is 1. The third-order valence-electron chi connectivity index (χ3n) is 3.39. The summed E-state index contributed by atoms with van der Waals surface area (Å²) >= 11 is 1.74. The van der Waals surface area contributed by atoms with E-state index < -0.39 is 0 Å². The predicted molar refractivity (Wildman–Crippen MR) is 105 cm³/mol. The average Bonchev–Trinajstić information content (AvgIpc) is 3.17. The molecule has 2 N–H and O–H groups in total. The lowest BCUT2D eigenvalue weighted by Crippen LogP contribution is -2.40. The SMILES string of the molecule is CN=C(NCCOCC1CCCO1)NCCc1ncc(C)s1.I. The highest BCUT2D eigenvalue weighted by molar-refractivity contribution is 14.0. The summed E-state index contributed by atoms with van der Waals surface area (Å²) in [5, 5.41) is 7.68. The molecule has 1 aliphatic rings. The molecule has 0 aliphatic carbocycles. The van der Waals surface area contributed by atoms with Crippen molar-refractivity contribution >= 4 is 41.3 Å². The van der Waals surface area contributed by atoms with Crippen molar-refractivity contribution in [1.82, 2.24) is 15.6 Å². The number of nitrogens with zero attached hydrogens (tertiary/aromatic N) is 2. The number of nitrogens with one attached hydrogen (secondary N) is 2. The second kappa shape index (κ2) is 12.0. The normalized spacial score (nSPS) is 17.8. The number of hydrogen-bond donors (Lipinski definition) is 2. The van der Waals surface area contributed by atoms with E-state index in [1.807, 2.05) is 6.20 Å². The minimum Gasteiger partial charge on any atom is -0.377 e. The van der Waals surface area contributed by atoms with Crippen molar-refractivity contribution in [2.75, 3.05) is 40.0 Å². The molecule has 0 amide bonds. The highest BCUT2D eigenvalue weighted by Crippen LogP contribution is 2.12. The molecule has 1 unspecified atom stereocenters. The second-order valence-electron chi connectivity index (χ2n) is 5.25. The Kier molecular flexibility index (Phi) is 10.7. The van der Waals surface area contributed by atoms with Crippen LogP contribution in [0.15, 0.2) is 11.2 Å². The van der Waals surface area contributed by atoms with Crippen molar-refractivity contribution in [2.45, 2.75) is 32.3 Å². The van der Waals surface area contributed by atoms with Crippen LogP contribution >= 0.6 is 35.3 Å². The highest BCUT2D eigenvalue weighted by atomic mass is 127. The number of guanidine groups is 1. The first-order chi connectivity index (χ1) is 10.8. The maximum Gasteiger partial charge on any atom is 0.191 e. The van der Waals surface area contributed by atoms with Gasteiger partial charge in [-0.25, -0.2) is 4.98 Å². The second-order valence-corrected chi connectivity index (χ2v) is 6.57. The van der Waals surface area contributed by atoms with Crippen molar-refractivity contribution in [3.8, 4) is 0 Å². The lowest BCUT2D eigenvalue weighted by Gasteiger charge is -2.13. The Morgan fingerprint density at radius 1 is 1.48 bits per heavy atom. The van der Waals surface area contributed by atoms with Crippen molar-refractivity contribution in [1.29, 1.82) is 0 Å². The summed E-state index contributed by atoms with van der Waals surface area (Å²) in [6, 6.07) is 0. The molecule has 0 radical (unpaired) electrons. The number of aliphatic imine (C=N–C) groups is 1. The van der Waals surface area contributed by atoms with Gasteiger partial charge >= 0.3 is 0 Å². The van der Waals surface area contributed by atoms with Gasteiger partial charge in [0.25, 0.3) is 0 Å². The molecular formula is C15H27IN4O2S. The van der Waals surface area contributed by atoms with E-state index in [1.165, 1.54) is 4.88 Å². The molecular weight excluding hydrogens is 427 g/mol. The van der Waals surface area contributed by atoms with Crippen LogP contribution in [0.2, 0.25) is 0 Å². The first-order valence-corrected chi connectivity index (χ1v) is 8.64. The smallest absolute Gasteiger partial charge is 0.191 e. The van der Waals surface area contributed by atoms with Gasteiger partial charge in [0.15, 0.2) is 5.96 Å². The Hall–Kier alpha value is -0.450. The average molecular weight is 454 g/mol. The molecule has 1 fully saturated rings. The van der Waals surface area contributed by atoms with Gasteiger partial charge in [-0.3, -0.25) is 4.99 Å². The fourth-order valence-corrected chi connectivity index (χ4v) is 3.04. The maximum atomic E-state index is 5.61. The van der Waals surface area contributed by atoms with Crippen molar-refractivity contribution in [3.05, 3.63) is 16.1 Å². The number of thiazole rings is 1. The Balaban J connectivity index is 0.00000264. The van der Waals surface area contributed by atoms with Crippen LogP contribution in [-0.2, 0) is 15.9 Å². The van der Waals surface area contributed by atoms with Crippen LogP contribution < -0.4 is 10.6 Å². The first-order valence-electron chi connectivity index (χ1n) is 7.83. The van der Waals surface area contributed by atoms with E-state index in [4.69, 9.17) is 9.47 Å². The maximum absolute atomic E-state index is 5.61. The van der Waals surface area contributed by atoms with Gasteiger partial charge in [0.05, 0.1) is 24.3 Å². The van der Waals surface area contributed by atoms with Gasteiger partial charge in [0.2, 0.25) is 0 Å². The van der Waals surface area contributed by atoms with Gasteiger partial charge < -0.3 is 20.1 Å². The lowest BCUT2D eigenvalue weighted by atomic mass is 10.2. The van der Waals surface area contributed by atoms with E-state index >= 15 is 0 Å². The zero-order valence-electron chi connectivity index (χ0n) is 13.8. The lowest BCUT2D eigenvalue weighted by molar-refractivity contribution is 0.0191. The molecule has 0 bridgehead atoms. The van der Waals surface area contributed by atoms with Crippen LogP contribution in [0.3, 0.4) is 0 Å². The molecule has 6 nitrogen and oxygen atoms in total. The van der Waals surface area contributed by atoms with Crippen molar-refractivity contribution in [3.63, 3.8) is 0 Å². The number of rotatable bonds is 8. The van der Waals surface area contributed by atoms with Crippen molar-refractivity contribution in [2.24, 2.45) is 4.99 Å². The van der Waals surface area contributed by atoms with Crippen LogP contribution in [0.25, 0.3) is 0 Å². The Morgan fingerprint density at radius 3 is 2.96 bits per heavy atom. The molecule has 0 aromatic carbocycles. The predicted octanol–water partition coefficient (Wildman–Crippen LogP) is 1.97. The van der Waals surface area contributed by atoms with Gasteiger partial charge in [-0.15, -0.1) is 35.3 Å². The van der Waals surface area contributed by atoms with Gasteiger partial charge in [-0.1, -0.05) is 0 Å². The Morgan fingerprint density at radius 2 is 2.30 bits per heavy atom. The van der Waals surface area contributed by atoms with Crippen molar-refractivity contribution < 1.29 is 9.47 Å². The quantitative estimate of drug-likeness (QED) is 0.272. The van der Waals surface area contributed by atoms with Crippen LogP contribution in [0.1, 0.15) is 22.7 Å². The zero-order valence-corrected chi connectivity index (χ0v) is 17.0. The number of aromatic nitrogens is 1. The molecule has 1 aromatic rings. The summed E-state index contributed by atoms with van der Waals surface area (Å²) < 4.78 is 11.1. The minimum absolute atomic E-state index is 0. The minimum atomic E-state index is 0. The Bertz CT molecular complexity index is 464. The van der Waals surface area contributed by atoms with Gasteiger partial charge in [-0.2, -0.15) is 0 Å². The molecule has 8 heteroatoms. The fourth-order valence-electron chi connectivity index (χ4n) is 2.26. The number of ether oxygens (including phenoxy) is 2. The molecule has 132 valence electrons. The number of aryl methyl sites for hydroxylation is 1. The summed E-state index contributed by atoms with van der Waals surface area (Å²) in [4.78, 5) is 9.80. The van der Waals surface area contributed by atoms with Gasteiger partial charge in [0.1, 0.15) is 0 Å². The van der Waals surface area contributed by atoms with E-state index in [0.717, 1.165) is 49.9 Å². The molecule has 2 rings (SSSR count). The van der Waals surface area contributed by atoms with Crippen LogP contribution in [-0.4, -0.2) is 57.0 Å². The molecule has 23 heavy (non-hydrogen) atoms. The zero-order chi connectivity index (χ0) is 15.6. The van der Waals surface area contributed by atoms with Gasteiger partial charge in [0, 0.05) is 44.2 Å². The Labute approximate surface area is 159 Å². The fraction of sp³-hybridized carbons (Fsp3) is 0.733. The van der Waals surface area contributed by atoms with E-state index in [9.17, 15) is 0 Å².